The van der Waals surface area contributed by atoms with Crippen molar-refractivity contribution in [2.75, 3.05) is 30.9 Å². The summed E-state index contributed by atoms with van der Waals surface area (Å²) in [5.74, 6) is -0.790. The number of hydrogen-bond donors (Lipinski definition) is 1. The molecule has 4 rings (SSSR count). The first-order valence-electron chi connectivity index (χ1n) is 8.82. The third kappa shape index (κ3) is 2.89. The zero-order chi connectivity index (χ0) is 19.1. The Hall–Kier alpha value is -3.09. The zero-order valence-electron chi connectivity index (χ0n) is 15.2. The van der Waals surface area contributed by atoms with Crippen LogP contribution in [0.1, 0.15) is 33.6 Å². The number of halogens is 1. The number of nitrogens with one attached hydrogen (secondary N) is 1. The van der Waals surface area contributed by atoms with E-state index in [1.807, 2.05) is 16.8 Å². The predicted molar refractivity (Wildman–Crippen MR) is 99.8 cm³/mol. The highest BCUT2D eigenvalue weighted by Gasteiger charge is 2.38. The molecule has 6 nitrogen and oxygen atoms in total. The van der Waals surface area contributed by atoms with Gasteiger partial charge in [-0.05, 0) is 43.2 Å². The van der Waals surface area contributed by atoms with Crippen molar-refractivity contribution in [3.8, 4) is 5.75 Å². The Morgan fingerprint density at radius 2 is 2.07 bits per heavy atom. The standard InChI is InChI=1S/C20H20FN3O3/c1-23-16-10-12(5-7-14(16)20(26)24-9-3-4-18(23)24)19(25)22-13-6-8-17(27-2)15(21)11-13/h5-8,10-11,18H,3-4,9H2,1-2H3,(H,22,25)/t18-/m1/s1. The molecule has 0 aliphatic carbocycles. The average molecular weight is 369 g/mol. The van der Waals surface area contributed by atoms with Gasteiger partial charge < -0.3 is 19.9 Å². The highest BCUT2D eigenvalue weighted by Crippen LogP contribution is 2.35. The van der Waals surface area contributed by atoms with Crippen molar-refractivity contribution >= 4 is 23.2 Å². The molecule has 2 aliphatic rings. The van der Waals surface area contributed by atoms with Crippen molar-refractivity contribution in [1.82, 2.24) is 4.90 Å². The fourth-order valence-electron chi connectivity index (χ4n) is 3.80. The van der Waals surface area contributed by atoms with Crippen molar-refractivity contribution in [2.24, 2.45) is 0 Å². The van der Waals surface area contributed by atoms with Crippen LogP contribution in [-0.4, -0.2) is 43.6 Å². The average Bonchev–Trinajstić information content (AvgIpc) is 3.16. The first-order chi connectivity index (χ1) is 13.0. The second kappa shape index (κ2) is 6.57. The first-order valence-corrected chi connectivity index (χ1v) is 8.82. The number of anilines is 2. The molecule has 2 aromatic rings. The van der Waals surface area contributed by atoms with Gasteiger partial charge in [-0.3, -0.25) is 9.59 Å². The van der Waals surface area contributed by atoms with Crippen molar-refractivity contribution in [3.63, 3.8) is 0 Å². The Kier molecular flexibility index (Phi) is 4.22. The molecule has 2 aliphatic heterocycles. The molecule has 0 unspecified atom stereocenters. The van der Waals surface area contributed by atoms with Crippen LogP contribution in [0.5, 0.6) is 5.75 Å². The van der Waals surface area contributed by atoms with Crippen molar-refractivity contribution < 1.29 is 18.7 Å². The minimum Gasteiger partial charge on any atom is -0.494 e. The Balaban J connectivity index is 1.60. The molecule has 0 bridgehead atoms. The second-order valence-corrected chi connectivity index (χ2v) is 6.77. The van der Waals surface area contributed by atoms with Crippen molar-refractivity contribution in [2.45, 2.75) is 19.0 Å². The zero-order valence-corrected chi connectivity index (χ0v) is 15.2. The lowest BCUT2D eigenvalue weighted by atomic mass is 10.0. The smallest absolute Gasteiger partial charge is 0.257 e. The van der Waals surface area contributed by atoms with Gasteiger partial charge in [0.05, 0.1) is 18.4 Å². The molecule has 2 heterocycles. The highest BCUT2D eigenvalue weighted by atomic mass is 19.1. The Morgan fingerprint density at radius 3 is 2.81 bits per heavy atom. The number of methoxy groups -OCH3 is 1. The summed E-state index contributed by atoms with van der Waals surface area (Å²) in [6.07, 6.45) is 1.94. The van der Waals surface area contributed by atoms with Gasteiger partial charge in [-0.2, -0.15) is 0 Å². The summed E-state index contributed by atoms with van der Waals surface area (Å²) < 4.78 is 18.7. The van der Waals surface area contributed by atoms with E-state index in [2.05, 4.69) is 5.32 Å². The molecule has 1 N–H and O–H groups in total. The number of amides is 2. The van der Waals surface area contributed by atoms with Gasteiger partial charge in [0, 0.05) is 30.9 Å². The number of nitrogens with zero attached hydrogens (tertiary/aromatic N) is 2. The van der Waals surface area contributed by atoms with Crippen LogP contribution in [-0.2, 0) is 0 Å². The van der Waals surface area contributed by atoms with Gasteiger partial charge in [0.2, 0.25) is 0 Å². The molecule has 7 heteroatoms. The maximum Gasteiger partial charge on any atom is 0.257 e. The lowest BCUT2D eigenvalue weighted by Crippen LogP contribution is -2.50. The quantitative estimate of drug-likeness (QED) is 0.903. The lowest BCUT2D eigenvalue weighted by molar-refractivity contribution is 0.0719. The second-order valence-electron chi connectivity index (χ2n) is 6.77. The van der Waals surface area contributed by atoms with Crippen LogP contribution in [0.3, 0.4) is 0 Å². The summed E-state index contributed by atoms with van der Waals surface area (Å²) in [5.41, 5.74) is 2.10. The summed E-state index contributed by atoms with van der Waals surface area (Å²) in [6.45, 7) is 0.762. The molecule has 1 saturated heterocycles. The van der Waals surface area contributed by atoms with E-state index in [0.717, 1.165) is 25.1 Å². The topological polar surface area (TPSA) is 61.9 Å². The molecule has 0 aromatic heterocycles. The third-order valence-corrected chi connectivity index (χ3v) is 5.21. The van der Waals surface area contributed by atoms with Crippen molar-refractivity contribution in [3.05, 3.63) is 53.3 Å². The summed E-state index contributed by atoms with van der Waals surface area (Å²) in [4.78, 5) is 29.2. The number of hydrogen-bond acceptors (Lipinski definition) is 4. The molecule has 2 aromatic carbocycles. The molecule has 2 amide bonds. The van der Waals surface area contributed by atoms with Crippen LogP contribution < -0.4 is 15.0 Å². The molecule has 27 heavy (non-hydrogen) atoms. The molecule has 140 valence electrons. The van der Waals surface area contributed by atoms with Gasteiger partial charge in [0.15, 0.2) is 11.6 Å². The number of benzene rings is 2. The molecular formula is C20H20FN3O3. The van der Waals surface area contributed by atoms with Gasteiger partial charge in [-0.1, -0.05) is 0 Å². The maximum absolute atomic E-state index is 13.8. The minimum absolute atomic E-state index is 0.00906. The lowest BCUT2D eigenvalue weighted by Gasteiger charge is -2.40. The molecular weight excluding hydrogens is 349 g/mol. The molecule has 0 saturated carbocycles. The van der Waals surface area contributed by atoms with Crippen LogP contribution in [0.4, 0.5) is 15.8 Å². The van der Waals surface area contributed by atoms with E-state index in [4.69, 9.17) is 4.74 Å². The summed E-state index contributed by atoms with van der Waals surface area (Å²) >= 11 is 0. The first kappa shape index (κ1) is 17.3. The Bertz CT molecular complexity index is 931. The van der Waals surface area contributed by atoms with E-state index >= 15 is 0 Å². The van der Waals surface area contributed by atoms with E-state index in [-0.39, 0.29) is 23.7 Å². The number of carbonyl (C=O) groups excluding carboxylic acids is 2. The van der Waals surface area contributed by atoms with Crippen molar-refractivity contribution in [1.29, 1.82) is 0 Å². The number of rotatable bonds is 3. The Morgan fingerprint density at radius 1 is 1.26 bits per heavy atom. The summed E-state index contributed by atoms with van der Waals surface area (Å²) in [6, 6.07) is 9.27. The number of fused-ring (bicyclic) bond motifs is 2. The largest absolute Gasteiger partial charge is 0.494 e. The monoisotopic (exact) mass is 369 g/mol. The van der Waals surface area contributed by atoms with Gasteiger partial charge in [0.1, 0.15) is 6.17 Å². The fraction of sp³-hybridized carbons (Fsp3) is 0.300. The molecule has 0 radical (unpaired) electrons. The fourth-order valence-corrected chi connectivity index (χ4v) is 3.80. The van der Waals surface area contributed by atoms with Crippen LogP contribution >= 0.6 is 0 Å². The van der Waals surface area contributed by atoms with E-state index < -0.39 is 5.82 Å². The normalized spacial score (nSPS) is 18.2. The van der Waals surface area contributed by atoms with E-state index in [1.165, 1.54) is 19.2 Å². The molecule has 0 spiro atoms. The number of carbonyl (C=O) groups is 2. The van der Waals surface area contributed by atoms with E-state index in [9.17, 15) is 14.0 Å². The van der Waals surface area contributed by atoms with Gasteiger partial charge in [-0.25, -0.2) is 4.39 Å². The van der Waals surface area contributed by atoms with E-state index in [1.54, 1.807) is 24.3 Å². The van der Waals surface area contributed by atoms with E-state index in [0.29, 0.717) is 16.8 Å². The SMILES string of the molecule is COc1ccc(NC(=O)c2ccc3c(c2)N(C)[C@H]2CCCN2C3=O)cc1F. The van der Waals surface area contributed by atoms with Crippen LogP contribution in [0.15, 0.2) is 36.4 Å². The summed E-state index contributed by atoms with van der Waals surface area (Å²) in [7, 11) is 3.32. The van der Waals surface area contributed by atoms with Gasteiger partial charge in [-0.15, -0.1) is 0 Å². The minimum atomic E-state index is -0.549. The van der Waals surface area contributed by atoms with Crippen LogP contribution in [0, 0.1) is 5.82 Å². The number of ether oxygens (including phenoxy) is 1. The van der Waals surface area contributed by atoms with Crippen LogP contribution in [0.2, 0.25) is 0 Å². The van der Waals surface area contributed by atoms with Gasteiger partial charge >= 0.3 is 0 Å². The third-order valence-electron chi connectivity index (χ3n) is 5.21. The molecule has 1 fully saturated rings. The highest BCUT2D eigenvalue weighted by molar-refractivity contribution is 6.08. The maximum atomic E-state index is 13.8. The van der Waals surface area contributed by atoms with Gasteiger partial charge in [0.25, 0.3) is 11.8 Å². The Labute approximate surface area is 156 Å². The van der Waals surface area contributed by atoms with Crippen LogP contribution in [0.25, 0.3) is 0 Å². The summed E-state index contributed by atoms with van der Waals surface area (Å²) in [5, 5.41) is 2.68. The molecule has 1 atom stereocenters. The predicted octanol–water partition coefficient (Wildman–Crippen LogP) is 3.10.